The molecule has 1 unspecified atom stereocenters. The molecule has 1 aromatic heterocycles. The molecule has 1 atom stereocenters. The van der Waals surface area contributed by atoms with Gasteiger partial charge in [0.25, 0.3) is 0 Å². The van der Waals surface area contributed by atoms with Crippen molar-refractivity contribution in [3.8, 4) is 22.5 Å². The van der Waals surface area contributed by atoms with Crippen LogP contribution in [-0.2, 0) is 11.3 Å². The van der Waals surface area contributed by atoms with Crippen molar-refractivity contribution in [2.75, 3.05) is 25.4 Å². The van der Waals surface area contributed by atoms with Crippen LogP contribution in [-0.4, -0.2) is 51.8 Å². The first-order valence-corrected chi connectivity index (χ1v) is 15.0. The van der Waals surface area contributed by atoms with Gasteiger partial charge in [0.1, 0.15) is 0 Å². The average molecular weight is 533 g/mol. The Labute approximate surface area is 233 Å². The first-order chi connectivity index (χ1) is 18.6. The van der Waals surface area contributed by atoms with E-state index in [1.807, 2.05) is 18.2 Å². The van der Waals surface area contributed by atoms with Crippen molar-refractivity contribution in [1.29, 1.82) is 0 Å². The van der Waals surface area contributed by atoms with E-state index in [0.29, 0.717) is 13.0 Å². The molecule has 0 fully saturated rings. The summed E-state index contributed by atoms with van der Waals surface area (Å²) in [5, 5.41) is 4.17. The summed E-state index contributed by atoms with van der Waals surface area (Å²) >= 11 is 1.76. The Morgan fingerprint density at radius 2 is 1.68 bits per heavy atom. The molecule has 1 heterocycles. The molecule has 0 bridgehead atoms. The topological polar surface area (TPSA) is 50.2 Å². The van der Waals surface area contributed by atoms with Gasteiger partial charge in [-0.2, -0.15) is 0 Å². The van der Waals surface area contributed by atoms with Gasteiger partial charge in [0.15, 0.2) is 5.16 Å². The van der Waals surface area contributed by atoms with Crippen molar-refractivity contribution < 1.29 is 4.79 Å². The molecule has 1 N–H and O–H groups in total. The van der Waals surface area contributed by atoms with Crippen LogP contribution in [0, 0.1) is 0 Å². The van der Waals surface area contributed by atoms with E-state index in [1.165, 1.54) is 0 Å². The molecule has 0 aliphatic heterocycles. The number of imidazole rings is 1. The van der Waals surface area contributed by atoms with E-state index in [4.69, 9.17) is 4.98 Å². The monoisotopic (exact) mass is 532 g/mol. The highest BCUT2D eigenvalue weighted by atomic mass is 32.2. The number of aromatic nitrogens is 2. The quantitative estimate of drug-likeness (QED) is 0.113. The molecule has 1 amide bonds. The Balaban J connectivity index is 1.55. The lowest BCUT2D eigenvalue weighted by molar-refractivity contribution is -0.121. The predicted molar refractivity (Wildman–Crippen MR) is 162 cm³/mol. The standard InChI is InChI=1S/C32H44N4OS/c1-5-23-36-31(28-20-12-9-13-21-28)30(27-18-10-8-11-19-27)34-32(36)38-25-15-14-22-29(37)33-26(4)17-16-24-35(6-2)7-3/h5,8-13,18-21,26H,1,6-7,14-17,22-25H2,2-4H3,(H,33,37). The van der Waals surface area contributed by atoms with Crippen LogP contribution >= 0.6 is 11.8 Å². The second kappa shape index (κ2) is 16.2. The summed E-state index contributed by atoms with van der Waals surface area (Å²) in [6.45, 7) is 14.5. The van der Waals surface area contributed by atoms with Crippen LogP contribution in [0.2, 0.25) is 0 Å². The molecule has 0 aliphatic rings. The molecule has 0 radical (unpaired) electrons. The normalized spacial score (nSPS) is 12.0. The minimum absolute atomic E-state index is 0.163. The maximum atomic E-state index is 12.4. The number of unbranched alkanes of at least 4 members (excludes halogenated alkanes) is 1. The van der Waals surface area contributed by atoms with E-state index in [-0.39, 0.29) is 11.9 Å². The molecule has 0 saturated heterocycles. The van der Waals surface area contributed by atoms with Gasteiger partial charge in [-0.25, -0.2) is 4.98 Å². The number of nitrogens with one attached hydrogen (secondary N) is 1. The van der Waals surface area contributed by atoms with Crippen molar-refractivity contribution in [1.82, 2.24) is 19.8 Å². The molecule has 204 valence electrons. The van der Waals surface area contributed by atoms with E-state index < -0.39 is 0 Å². The SMILES string of the molecule is C=CCn1c(SCCCCC(=O)NC(C)CCCN(CC)CC)nc(-c2ccccc2)c1-c1ccccc1. The van der Waals surface area contributed by atoms with Crippen molar-refractivity contribution in [2.45, 2.75) is 70.6 Å². The first-order valence-electron chi connectivity index (χ1n) is 14.0. The Kier molecular flexibility index (Phi) is 12.7. The van der Waals surface area contributed by atoms with E-state index in [2.05, 4.69) is 90.7 Å². The minimum Gasteiger partial charge on any atom is -0.354 e. The molecule has 5 nitrogen and oxygen atoms in total. The highest BCUT2D eigenvalue weighted by Gasteiger charge is 2.19. The van der Waals surface area contributed by atoms with Crippen molar-refractivity contribution in [3.63, 3.8) is 0 Å². The van der Waals surface area contributed by atoms with Crippen LogP contribution in [0.15, 0.2) is 78.5 Å². The minimum atomic E-state index is 0.163. The number of hydrogen-bond donors (Lipinski definition) is 1. The van der Waals surface area contributed by atoms with Gasteiger partial charge in [-0.1, -0.05) is 92.3 Å². The number of allylic oxidation sites excluding steroid dienone is 1. The van der Waals surface area contributed by atoms with Crippen molar-refractivity contribution >= 4 is 17.7 Å². The number of hydrogen-bond acceptors (Lipinski definition) is 4. The second-order valence-corrected chi connectivity index (χ2v) is 10.7. The van der Waals surface area contributed by atoms with Crippen LogP contribution in [0.25, 0.3) is 22.5 Å². The van der Waals surface area contributed by atoms with E-state index in [0.717, 1.165) is 78.7 Å². The van der Waals surface area contributed by atoms with Gasteiger partial charge in [-0.3, -0.25) is 4.79 Å². The van der Waals surface area contributed by atoms with Gasteiger partial charge in [-0.15, -0.1) is 6.58 Å². The lowest BCUT2D eigenvalue weighted by Gasteiger charge is -2.19. The number of carbonyl (C=O) groups is 1. The fourth-order valence-corrected chi connectivity index (χ4v) is 5.67. The summed E-state index contributed by atoms with van der Waals surface area (Å²) in [7, 11) is 0. The highest BCUT2D eigenvalue weighted by Crippen LogP contribution is 2.36. The first kappa shape index (κ1) is 29.7. The van der Waals surface area contributed by atoms with Crippen LogP contribution in [0.3, 0.4) is 0 Å². The summed E-state index contributed by atoms with van der Waals surface area (Å²) in [5.74, 6) is 1.08. The fraction of sp³-hybridized carbons (Fsp3) is 0.438. The Hall–Kier alpha value is -2.83. The second-order valence-electron chi connectivity index (χ2n) is 9.67. The molecule has 6 heteroatoms. The maximum Gasteiger partial charge on any atom is 0.220 e. The Bertz CT molecular complexity index is 1110. The average Bonchev–Trinajstić information content (AvgIpc) is 3.30. The summed E-state index contributed by atoms with van der Waals surface area (Å²) in [5.41, 5.74) is 4.37. The molecular formula is C32H44N4OS. The zero-order valence-corrected chi connectivity index (χ0v) is 24.2. The predicted octanol–water partition coefficient (Wildman–Crippen LogP) is 7.29. The number of amides is 1. The molecule has 0 spiro atoms. The van der Waals surface area contributed by atoms with Gasteiger partial charge in [0.2, 0.25) is 5.91 Å². The number of thioether (sulfide) groups is 1. The number of rotatable bonds is 17. The van der Waals surface area contributed by atoms with Crippen LogP contribution in [0.1, 0.15) is 52.9 Å². The maximum absolute atomic E-state index is 12.4. The summed E-state index contributed by atoms with van der Waals surface area (Å²) in [4.78, 5) is 20.0. The number of nitrogens with zero attached hydrogens (tertiary/aromatic N) is 3. The van der Waals surface area contributed by atoms with Crippen LogP contribution < -0.4 is 5.32 Å². The van der Waals surface area contributed by atoms with E-state index in [9.17, 15) is 4.79 Å². The molecule has 3 aromatic rings. The lowest BCUT2D eigenvalue weighted by atomic mass is 10.0. The van der Waals surface area contributed by atoms with Gasteiger partial charge in [0, 0.05) is 35.9 Å². The van der Waals surface area contributed by atoms with Gasteiger partial charge in [-0.05, 0) is 52.2 Å². The molecule has 3 rings (SSSR count). The fourth-order valence-electron chi connectivity index (χ4n) is 4.66. The van der Waals surface area contributed by atoms with Crippen molar-refractivity contribution in [3.05, 3.63) is 73.3 Å². The summed E-state index contributed by atoms with van der Waals surface area (Å²) in [6, 6.07) is 21.1. The Morgan fingerprint density at radius 1 is 1.03 bits per heavy atom. The summed E-state index contributed by atoms with van der Waals surface area (Å²) < 4.78 is 2.27. The van der Waals surface area contributed by atoms with E-state index >= 15 is 0 Å². The van der Waals surface area contributed by atoms with Crippen LogP contribution in [0.4, 0.5) is 0 Å². The third-order valence-electron chi connectivity index (χ3n) is 6.78. The van der Waals surface area contributed by atoms with E-state index in [1.54, 1.807) is 11.8 Å². The number of carbonyl (C=O) groups excluding carboxylic acids is 1. The smallest absolute Gasteiger partial charge is 0.220 e. The molecule has 0 saturated carbocycles. The molecule has 0 aliphatic carbocycles. The van der Waals surface area contributed by atoms with Crippen LogP contribution in [0.5, 0.6) is 0 Å². The van der Waals surface area contributed by atoms with Gasteiger partial charge < -0.3 is 14.8 Å². The number of benzene rings is 2. The largest absolute Gasteiger partial charge is 0.354 e. The van der Waals surface area contributed by atoms with Gasteiger partial charge in [0.05, 0.1) is 11.4 Å². The third-order valence-corrected chi connectivity index (χ3v) is 7.84. The van der Waals surface area contributed by atoms with Gasteiger partial charge >= 0.3 is 0 Å². The van der Waals surface area contributed by atoms with Crippen molar-refractivity contribution in [2.24, 2.45) is 0 Å². The summed E-state index contributed by atoms with van der Waals surface area (Å²) in [6.07, 6.45) is 6.50. The highest BCUT2D eigenvalue weighted by molar-refractivity contribution is 7.99. The Morgan fingerprint density at radius 3 is 2.32 bits per heavy atom. The zero-order valence-electron chi connectivity index (χ0n) is 23.4. The molecule has 2 aromatic carbocycles. The lowest BCUT2D eigenvalue weighted by Crippen LogP contribution is -2.33. The molecular weight excluding hydrogens is 488 g/mol. The molecule has 38 heavy (non-hydrogen) atoms. The third kappa shape index (κ3) is 8.88. The zero-order chi connectivity index (χ0) is 27.2.